The van der Waals surface area contributed by atoms with Gasteiger partial charge in [-0.2, -0.15) is 0 Å². The maximum Gasteiger partial charge on any atom is 0.132 e. The molecule has 0 amide bonds. The molecule has 1 N–H and O–H groups in total. The summed E-state index contributed by atoms with van der Waals surface area (Å²) in [6.07, 6.45) is 3.68. The number of carbonyl (C=O) groups is 1. The van der Waals surface area contributed by atoms with E-state index in [1.54, 1.807) is 18.7 Å². The molecule has 0 fully saturated rings. The minimum atomic E-state index is 0.240. The van der Waals surface area contributed by atoms with Gasteiger partial charge < -0.3 is 10.1 Å². The summed E-state index contributed by atoms with van der Waals surface area (Å²) < 4.78 is 5.41. The van der Waals surface area contributed by atoms with E-state index in [0.717, 1.165) is 18.8 Å². The van der Waals surface area contributed by atoms with Crippen LogP contribution in [0.2, 0.25) is 0 Å². The van der Waals surface area contributed by atoms with E-state index in [-0.39, 0.29) is 5.78 Å². The average molecular weight is 358 g/mol. The van der Waals surface area contributed by atoms with Crippen LogP contribution >= 0.6 is 11.8 Å². The number of Topliss-reactive ketones (excluding diaryl/α,β-unsaturated/α-hetero) is 1. The van der Waals surface area contributed by atoms with Crippen LogP contribution in [0.5, 0.6) is 5.75 Å². The summed E-state index contributed by atoms with van der Waals surface area (Å²) in [5.74, 6) is 1.21. The lowest BCUT2D eigenvalue weighted by Gasteiger charge is -2.09. The smallest absolute Gasteiger partial charge is 0.132 e. The molecule has 1 unspecified atom stereocenters. The summed E-state index contributed by atoms with van der Waals surface area (Å²) in [7, 11) is 1.87. The van der Waals surface area contributed by atoms with E-state index in [1.807, 2.05) is 53.1 Å². The molecule has 0 bridgehead atoms. The molecule has 0 saturated carbocycles. The highest BCUT2D eigenvalue weighted by Gasteiger charge is 2.04. The number of thioether (sulfide) groups is 1. The molecular formula is C20H39NO2S. The summed E-state index contributed by atoms with van der Waals surface area (Å²) >= 11 is 1.67. The van der Waals surface area contributed by atoms with Crippen LogP contribution < -0.4 is 10.1 Å². The zero-order valence-electron chi connectivity index (χ0n) is 17.2. The van der Waals surface area contributed by atoms with Crippen molar-refractivity contribution in [1.82, 2.24) is 5.32 Å². The van der Waals surface area contributed by atoms with Crippen molar-refractivity contribution < 1.29 is 9.53 Å². The summed E-state index contributed by atoms with van der Waals surface area (Å²) in [4.78, 5) is 10.5. The Morgan fingerprint density at radius 1 is 1.17 bits per heavy atom. The SMILES string of the molecule is CC.CC.CCCOc1ccc(C)cc1.CNC(CC(C)=O)SC. The molecule has 1 aromatic carbocycles. The number of ketones is 1. The predicted octanol–water partition coefficient (Wildman–Crippen LogP) is 5.71. The quantitative estimate of drug-likeness (QED) is 0.634. The molecule has 0 aliphatic heterocycles. The number of hydrogen-bond acceptors (Lipinski definition) is 4. The van der Waals surface area contributed by atoms with Crippen molar-refractivity contribution in [3.05, 3.63) is 29.8 Å². The molecule has 0 aliphatic rings. The van der Waals surface area contributed by atoms with Crippen molar-refractivity contribution >= 4 is 17.5 Å². The Morgan fingerprint density at radius 2 is 1.67 bits per heavy atom. The number of nitrogens with one attached hydrogen (secondary N) is 1. The second-order valence-electron chi connectivity index (χ2n) is 4.58. The summed E-state index contributed by atoms with van der Waals surface area (Å²) in [5.41, 5.74) is 1.27. The van der Waals surface area contributed by atoms with Crippen LogP contribution in [0.1, 0.15) is 59.9 Å². The van der Waals surface area contributed by atoms with Crippen molar-refractivity contribution in [2.24, 2.45) is 0 Å². The van der Waals surface area contributed by atoms with Crippen LogP contribution in [-0.2, 0) is 4.79 Å². The topological polar surface area (TPSA) is 38.3 Å². The lowest BCUT2D eigenvalue weighted by atomic mass is 10.2. The van der Waals surface area contributed by atoms with E-state index in [9.17, 15) is 4.79 Å². The van der Waals surface area contributed by atoms with Crippen LogP contribution in [0, 0.1) is 6.92 Å². The zero-order valence-corrected chi connectivity index (χ0v) is 18.0. The van der Waals surface area contributed by atoms with Gasteiger partial charge in [0.15, 0.2) is 0 Å². The molecule has 1 aromatic rings. The maximum atomic E-state index is 10.5. The van der Waals surface area contributed by atoms with Crippen molar-refractivity contribution in [1.29, 1.82) is 0 Å². The zero-order chi connectivity index (χ0) is 19.4. The second-order valence-corrected chi connectivity index (χ2v) is 5.62. The molecule has 4 heteroatoms. The molecule has 24 heavy (non-hydrogen) atoms. The number of benzene rings is 1. The fourth-order valence-corrected chi connectivity index (χ4v) is 2.06. The fourth-order valence-electron chi connectivity index (χ4n) is 1.42. The summed E-state index contributed by atoms with van der Waals surface area (Å²) in [6, 6.07) is 8.13. The highest BCUT2D eigenvalue weighted by molar-refractivity contribution is 7.99. The molecule has 0 aliphatic carbocycles. The van der Waals surface area contributed by atoms with Gasteiger partial charge in [-0.25, -0.2) is 0 Å². The molecule has 3 nitrogen and oxygen atoms in total. The number of carbonyl (C=O) groups excluding carboxylic acids is 1. The Labute approximate surface area is 155 Å². The van der Waals surface area contributed by atoms with Crippen LogP contribution in [0.3, 0.4) is 0 Å². The highest BCUT2D eigenvalue weighted by Crippen LogP contribution is 2.11. The van der Waals surface area contributed by atoms with Crippen LogP contribution in [0.4, 0.5) is 0 Å². The highest BCUT2D eigenvalue weighted by atomic mass is 32.2. The van der Waals surface area contributed by atoms with Gasteiger partial charge in [0.2, 0.25) is 0 Å². The van der Waals surface area contributed by atoms with Crippen LogP contribution in [0.15, 0.2) is 24.3 Å². The molecule has 0 aromatic heterocycles. The van der Waals surface area contributed by atoms with Gasteiger partial charge in [0.25, 0.3) is 0 Å². The van der Waals surface area contributed by atoms with Gasteiger partial charge in [0.1, 0.15) is 11.5 Å². The van der Waals surface area contributed by atoms with Crippen molar-refractivity contribution in [2.45, 2.75) is 66.7 Å². The molecule has 0 saturated heterocycles. The number of aryl methyl sites for hydroxylation is 1. The first-order valence-electron chi connectivity index (χ1n) is 8.92. The van der Waals surface area contributed by atoms with Gasteiger partial charge in [-0.05, 0) is 45.7 Å². The first kappa shape index (κ1) is 27.8. The second kappa shape index (κ2) is 22.0. The molecule has 1 atom stereocenters. The lowest BCUT2D eigenvalue weighted by Crippen LogP contribution is -2.23. The third-order valence-corrected chi connectivity index (χ3v) is 3.54. The average Bonchev–Trinajstić information content (AvgIpc) is 2.63. The summed E-state index contributed by atoms with van der Waals surface area (Å²) in [5, 5.41) is 3.32. The van der Waals surface area contributed by atoms with Crippen molar-refractivity contribution in [3.63, 3.8) is 0 Å². The van der Waals surface area contributed by atoms with E-state index < -0.39 is 0 Å². The molecule has 0 heterocycles. The Bertz CT molecular complexity index is 362. The van der Waals surface area contributed by atoms with E-state index in [0.29, 0.717) is 11.8 Å². The number of hydrogen-bond donors (Lipinski definition) is 1. The van der Waals surface area contributed by atoms with Crippen LogP contribution in [0.25, 0.3) is 0 Å². The van der Waals surface area contributed by atoms with Gasteiger partial charge >= 0.3 is 0 Å². The van der Waals surface area contributed by atoms with E-state index >= 15 is 0 Å². The minimum Gasteiger partial charge on any atom is -0.494 e. The molecular weight excluding hydrogens is 318 g/mol. The summed E-state index contributed by atoms with van der Waals surface area (Å²) in [6.45, 7) is 14.6. The van der Waals surface area contributed by atoms with E-state index in [1.165, 1.54) is 5.56 Å². The Balaban J connectivity index is -0.000000309. The van der Waals surface area contributed by atoms with E-state index in [2.05, 4.69) is 31.3 Å². The van der Waals surface area contributed by atoms with Gasteiger partial charge in [-0.1, -0.05) is 52.3 Å². The molecule has 1 rings (SSSR count). The molecule has 0 spiro atoms. The first-order valence-corrected chi connectivity index (χ1v) is 10.2. The molecule has 142 valence electrons. The van der Waals surface area contributed by atoms with Gasteiger partial charge in [-0.15, -0.1) is 11.8 Å². The van der Waals surface area contributed by atoms with Crippen LogP contribution in [-0.4, -0.2) is 31.1 Å². The van der Waals surface area contributed by atoms with Gasteiger partial charge in [0.05, 0.1) is 12.0 Å². The van der Waals surface area contributed by atoms with E-state index in [4.69, 9.17) is 4.74 Å². The van der Waals surface area contributed by atoms with Gasteiger partial charge in [0, 0.05) is 6.42 Å². The van der Waals surface area contributed by atoms with Gasteiger partial charge in [-0.3, -0.25) is 4.79 Å². The third kappa shape index (κ3) is 19.0. The van der Waals surface area contributed by atoms with Crippen molar-refractivity contribution in [2.75, 3.05) is 19.9 Å². The predicted molar refractivity (Wildman–Crippen MR) is 111 cm³/mol. The number of rotatable bonds is 7. The Kier molecular flexibility index (Phi) is 25.5. The Hall–Kier alpha value is -1.000. The van der Waals surface area contributed by atoms with Crippen molar-refractivity contribution in [3.8, 4) is 5.75 Å². The third-order valence-electron chi connectivity index (χ3n) is 2.57. The lowest BCUT2D eigenvalue weighted by molar-refractivity contribution is -0.117. The monoisotopic (exact) mass is 357 g/mol. The Morgan fingerprint density at radius 3 is 1.96 bits per heavy atom. The normalized spacial score (nSPS) is 9.88. The first-order chi connectivity index (χ1) is 11.5. The molecule has 0 radical (unpaired) electrons. The fraction of sp³-hybridized carbons (Fsp3) is 0.650. The minimum absolute atomic E-state index is 0.240. The maximum absolute atomic E-state index is 10.5. The number of ether oxygens (including phenoxy) is 1. The largest absolute Gasteiger partial charge is 0.494 e. The standard InChI is InChI=1S/C10H14O.C6H13NOS.2C2H6/c1-3-8-11-10-6-4-9(2)5-7-10;1-5(8)4-6(7-2)9-3;2*1-2/h4-7H,3,8H2,1-2H3;6-7H,4H2,1-3H3;2*1-2H3.